The van der Waals surface area contributed by atoms with E-state index in [-0.39, 0.29) is 17.8 Å². The number of pyridine rings is 1. The van der Waals surface area contributed by atoms with Crippen molar-refractivity contribution in [3.8, 4) is 28.6 Å². The van der Waals surface area contributed by atoms with E-state index in [0.29, 0.717) is 29.9 Å². The summed E-state index contributed by atoms with van der Waals surface area (Å²) in [4.78, 5) is 16.9. The average Bonchev–Trinajstić information content (AvgIpc) is 3.30. The van der Waals surface area contributed by atoms with Crippen molar-refractivity contribution in [2.75, 3.05) is 18.9 Å². The Balaban J connectivity index is 1.29. The largest absolute Gasteiger partial charge is 0.486 e. The van der Waals surface area contributed by atoms with Crippen LogP contribution in [0.4, 0.5) is 0 Å². The normalized spacial score (nSPS) is 14.5. The van der Waals surface area contributed by atoms with Crippen molar-refractivity contribution in [1.82, 2.24) is 25.1 Å². The number of aryl methyl sites for hydroxylation is 2. The molecule has 0 unspecified atom stereocenters. The Morgan fingerprint density at radius 3 is 2.77 bits per heavy atom. The Bertz CT molecular complexity index is 1340. The number of benzene rings is 2. The van der Waals surface area contributed by atoms with Crippen molar-refractivity contribution < 1.29 is 14.3 Å². The highest BCUT2D eigenvalue weighted by Crippen LogP contribution is 2.31. The van der Waals surface area contributed by atoms with Gasteiger partial charge in [0.05, 0.1) is 18.0 Å². The van der Waals surface area contributed by atoms with Crippen LogP contribution in [0.15, 0.2) is 72.1 Å². The van der Waals surface area contributed by atoms with Crippen molar-refractivity contribution >= 4 is 17.7 Å². The molecule has 35 heavy (non-hydrogen) atoms. The van der Waals surface area contributed by atoms with Gasteiger partial charge in [0.2, 0.25) is 5.91 Å². The molecular weight excluding hydrogens is 462 g/mol. The van der Waals surface area contributed by atoms with Crippen LogP contribution in [0.5, 0.6) is 11.5 Å². The zero-order valence-corrected chi connectivity index (χ0v) is 20.3. The number of hydrogen-bond donors (Lipinski definition) is 1. The van der Waals surface area contributed by atoms with Gasteiger partial charge in [-0.05, 0) is 49.7 Å². The molecular formula is C26H25N5O3S. The molecule has 5 rings (SSSR count). The van der Waals surface area contributed by atoms with E-state index in [1.165, 1.54) is 17.3 Å². The van der Waals surface area contributed by atoms with E-state index in [1.807, 2.05) is 41.0 Å². The molecule has 2 aromatic carbocycles. The van der Waals surface area contributed by atoms with E-state index in [4.69, 9.17) is 9.47 Å². The zero-order valence-electron chi connectivity index (χ0n) is 19.5. The minimum absolute atomic E-state index is 0.115. The molecule has 8 nitrogen and oxygen atoms in total. The Morgan fingerprint density at radius 1 is 1.11 bits per heavy atom. The molecule has 0 spiro atoms. The van der Waals surface area contributed by atoms with Crippen molar-refractivity contribution in [3.63, 3.8) is 0 Å². The van der Waals surface area contributed by atoms with Crippen LogP contribution in [0.2, 0.25) is 0 Å². The van der Waals surface area contributed by atoms with Gasteiger partial charge in [-0.15, -0.1) is 10.2 Å². The van der Waals surface area contributed by atoms with Crippen molar-refractivity contribution in [1.29, 1.82) is 0 Å². The second-order valence-electron chi connectivity index (χ2n) is 8.26. The third-order valence-electron chi connectivity index (χ3n) is 5.57. The number of thioether (sulfide) groups is 1. The number of nitrogens with zero attached hydrogens (tertiary/aromatic N) is 4. The lowest BCUT2D eigenvalue weighted by atomic mass is 10.1. The summed E-state index contributed by atoms with van der Waals surface area (Å²) in [6, 6.07) is 17.6. The highest BCUT2D eigenvalue weighted by atomic mass is 32.2. The summed E-state index contributed by atoms with van der Waals surface area (Å²) in [5.74, 6) is 2.17. The summed E-state index contributed by atoms with van der Waals surface area (Å²) < 4.78 is 13.6. The number of hydrogen-bond acceptors (Lipinski definition) is 7. The fraction of sp³-hybridized carbons (Fsp3) is 0.231. The third kappa shape index (κ3) is 5.14. The number of ether oxygens (including phenoxy) is 2. The second-order valence-corrected chi connectivity index (χ2v) is 9.21. The van der Waals surface area contributed by atoms with Crippen LogP contribution in [-0.2, 0) is 4.79 Å². The number of para-hydroxylation sites is 2. The number of carbonyl (C=O) groups is 1. The summed E-state index contributed by atoms with van der Waals surface area (Å²) in [5.41, 5.74) is 4.09. The highest BCUT2D eigenvalue weighted by Gasteiger charge is 2.22. The maximum atomic E-state index is 12.6. The quantitative estimate of drug-likeness (QED) is 0.394. The van der Waals surface area contributed by atoms with E-state index in [0.717, 1.165) is 22.6 Å². The lowest BCUT2D eigenvalue weighted by molar-refractivity contribution is -0.119. The summed E-state index contributed by atoms with van der Waals surface area (Å²) in [6.45, 7) is 4.86. The third-order valence-corrected chi connectivity index (χ3v) is 6.50. The lowest BCUT2D eigenvalue weighted by Gasteiger charge is -2.26. The number of aromatic nitrogens is 4. The van der Waals surface area contributed by atoms with Gasteiger partial charge in [-0.3, -0.25) is 14.3 Å². The average molecular weight is 488 g/mol. The maximum Gasteiger partial charge on any atom is 0.230 e. The molecule has 1 atom stereocenters. The fourth-order valence-electron chi connectivity index (χ4n) is 3.89. The van der Waals surface area contributed by atoms with Gasteiger partial charge >= 0.3 is 0 Å². The molecule has 4 aromatic rings. The number of fused-ring (bicyclic) bond motifs is 1. The molecule has 0 aliphatic carbocycles. The predicted octanol–water partition coefficient (Wildman–Crippen LogP) is 3.99. The first-order valence-electron chi connectivity index (χ1n) is 11.3. The number of amides is 1. The first-order valence-corrected chi connectivity index (χ1v) is 12.3. The topological polar surface area (TPSA) is 91.2 Å². The van der Waals surface area contributed by atoms with Gasteiger partial charge in [0.15, 0.2) is 22.5 Å². The van der Waals surface area contributed by atoms with E-state index in [9.17, 15) is 4.79 Å². The number of rotatable bonds is 7. The van der Waals surface area contributed by atoms with Crippen LogP contribution in [0.3, 0.4) is 0 Å². The Kier molecular flexibility index (Phi) is 6.67. The molecule has 0 bridgehead atoms. The van der Waals surface area contributed by atoms with Gasteiger partial charge in [-0.2, -0.15) is 0 Å². The molecule has 0 saturated heterocycles. The van der Waals surface area contributed by atoms with Crippen molar-refractivity contribution in [2.45, 2.75) is 25.1 Å². The SMILES string of the molecule is Cc1ccc(-n2c(SCC(=O)NC[C@@H]3COc4ccccc4O3)nnc2-c2cccnc2)c(C)c1. The molecule has 2 aromatic heterocycles. The maximum absolute atomic E-state index is 12.6. The monoisotopic (exact) mass is 487 g/mol. The molecule has 3 heterocycles. The van der Waals surface area contributed by atoms with E-state index < -0.39 is 0 Å². The van der Waals surface area contributed by atoms with Crippen LogP contribution in [0.25, 0.3) is 17.1 Å². The predicted molar refractivity (Wildman–Crippen MR) is 134 cm³/mol. The lowest BCUT2D eigenvalue weighted by Crippen LogP contribution is -2.41. The summed E-state index contributed by atoms with van der Waals surface area (Å²) >= 11 is 1.34. The molecule has 1 amide bonds. The van der Waals surface area contributed by atoms with E-state index in [1.54, 1.807) is 12.4 Å². The molecule has 178 valence electrons. The number of carbonyl (C=O) groups excluding carboxylic acids is 1. The first-order chi connectivity index (χ1) is 17.1. The fourth-order valence-corrected chi connectivity index (χ4v) is 4.67. The Morgan fingerprint density at radius 2 is 1.97 bits per heavy atom. The standard InChI is InChI=1S/C26H25N5O3S/c1-17-9-10-21(18(2)12-17)31-25(19-6-5-11-27-13-19)29-30-26(31)35-16-24(32)28-14-20-15-33-22-7-3-4-8-23(22)34-20/h3-13,20H,14-16H2,1-2H3,(H,28,32)/t20-/m1/s1. The van der Waals surface area contributed by atoms with Crippen molar-refractivity contribution in [3.05, 3.63) is 78.1 Å². The van der Waals surface area contributed by atoms with E-state index >= 15 is 0 Å². The zero-order chi connectivity index (χ0) is 24.2. The Hall–Kier alpha value is -3.85. The van der Waals surface area contributed by atoms with Crippen LogP contribution < -0.4 is 14.8 Å². The van der Waals surface area contributed by atoms with Gasteiger partial charge in [-0.1, -0.05) is 41.6 Å². The van der Waals surface area contributed by atoms with E-state index in [2.05, 4.69) is 52.5 Å². The minimum Gasteiger partial charge on any atom is -0.486 e. The van der Waals surface area contributed by atoms with Crippen molar-refractivity contribution in [2.24, 2.45) is 0 Å². The highest BCUT2D eigenvalue weighted by molar-refractivity contribution is 7.99. The van der Waals surface area contributed by atoms with Gasteiger partial charge in [0, 0.05) is 18.0 Å². The van der Waals surface area contributed by atoms with Crippen LogP contribution >= 0.6 is 11.8 Å². The number of nitrogens with one attached hydrogen (secondary N) is 1. The smallest absolute Gasteiger partial charge is 0.230 e. The Labute approximate surface area is 207 Å². The molecule has 0 radical (unpaired) electrons. The second kappa shape index (κ2) is 10.2. The van der Waals surface area contributed by atoms with Gasteiger partial charge in [0.1, 0.15) is 12.7 Å². The molecule has 1 aliphatic heterocycles. The minimum atomic E-state index is -0.241. The molecule has 0 fully saturated rings. The van der Waals surface area contributed by atoms with Crippen LogP contribution in [-0.4, -0.2) is 50.7 Å². The molecule has 1 aliphatic rings. The summed E-state index contributed by atoms with van der Waals surface area (Å²) in [5, 5.41) is 12.4. The van der Waals surface area contributed by atoms with Gasteiger partial charge in [-0.25, -0.2) is 0 Å². The van der Waals surface area contributed by atoms with Gasteiger partial charge < -0.3 is 14.8 Å². The first kappa shape index (κ1) is 22.9. The molecule has 9 heteroatoms. The molecule has 1 N–H and O–H groups in total. The summed E-state index contributed by atoms with van der Waals surface area (Å²) in [7, 11) is 0. The van der Waals surface area contributed by atoms with Gasteiger partial charge in [0.25, 0.3) is 0 Å². The molecule has 0 saturated carbocycles. The van der Waals surface area contributed by atoms with Crippen LogP contribution in [0.1, 0.15) is 11.1 Å². The summed E-state index contributed by atoms with van der Waals surface area (Å²) in [6.07, 6.45) is 3.24. The van der Waals surface area contributed by atoms with Crippen LogP contribution in [0, 0.1) is 13.8 Å².